The zero-order valence-electron chi connectivity index (χ0n) is 14.5. The fourth-order valence-corrected chi connectivity index (χ4v) is 2.85. The maximum Gasteiger partial charge on any atom is 0.271 e. The quantitative estimate of drug-likeness (QED) is 0.884. The van der Waals surface area contributed by atoms with Gasteiger partial charge in [0.05, 0.1) is 5.69 Å². The van der Waals surface area contributed by atoms with Crippen molar-refractivity contribution < 1.29 is 14.0 Å². The molecule has 0 radical (unpaired) electrons. The number of nitrogens with zero attached hydrogens (tertiary/aromatic N) is 2. The second-order valence-corrected chi connectivity index (χ2v) is 6.26. The molecule has 2 aromatic rings. The monoisotopic (exact) mass is 354 g/mol. The average molecular weight is 354 g/mol. The molecule has 1 heterocycles. The van der Waals surface area contributed by atoms with Gasteiger partial charge in [-0.2, -0.15) is 5.10 Å². The van der Waals surface area contributed by atoms with Crippen molar-refractivity contribution in [3.63, 3.8) is 0 Å². The lowest BCUT2D eigenvalue weighted by Crippen LogP contribution is -2.39. The molecule has 0 spiro atoms. The third-order valence-corrected chi connectivity index (χ3v) is 4.22. The van der Waals surface area contributed by atoms with Crippen LogP contribution in [0.25, 0.3) is 0 Å². The molecular weight excluding hydrogens is 335 g/mol. The number of nitrogens with two attached hydrogens (primary N) is 1. The molecule has 1 aliphatic heterocycles. The number of carbonyl (C=O) groups is 2. The van der Waals surface area contributed by atoms with Gasteiger partial charge in [-0.25, -0.2) is 4.39 Å². The van der Waals surface area contributed by atoms with E-state index in [1.54, 1.807) is 0 Å². The van der Waals surface area contributed by atoms with E-state index in [9.17, 15) is 14.0 Å². The average Bonchev–Trinajstić information content (AvgIpc) is 3.04. The highest BCUT2D eigenvalue weighted by Crippen LogP contribution is 2.25. The highest BCUT2D eigenvalue weighted by Gasteiger charge is 2.35. The van der Waals surface area contributed by atoms with Gasteiger partial charge in [-0.15, -0.1) is 0 Å². The number of aryl methyl sites for hydroxylation is 2. The Hall–Kier alpha value is -3.22. The number of amides is 2. The fourth-order valence-electron chi connectivity index (χ4n) is 2.85. The molecule has 7 heteroatoms. The molecule has 0 aliphatic carbocycles. The largest absolute Gasteiger partial charge is 0.368 e. The second kappa shape index (κ2) is 6.95. The molecule has 6 nitrogen and oxygen atoms in total. The lowest BCUT2D eigenvalue weighted by Gasteiger charge is -2.20. The SMILES string of the molecule is Cc1ccc(NC(=O)C2=NN(c3ccc(F)cc3)C(C(N)=O)C2)c(C)c1. The number of carbonyl (C=O) groups excluding carboxylic acids is 2. The molecule has 2 amide bonds. The van der Waals surface area contributed by atoms with Gasteiger partial charge >= 0.3 is 0 Å². The molecule has 0 fully saturated rings. The van der Waals surface area contributed by atoms with Crippen LogP contribution in [0, 0.1) is 19.7 Å². The van der Waals surface area contributed by atoms with Crippen molar-refractivity contribution in [3.05, 3.63) is 59.4 Å². The molecular formula is C19H19FN4O2. The Morgan fingerprint density at radius 3 is 2.50 bits per heavy atom. The van der Waals surface area contributed by atoms with E-state index in [1.807, 2.05) is 32.0 Å². The van der Waals surface area contributed by atoms with Crippen LogP contribution in [0.4, 0.5) is 15.8 Å². The number of halogens is 1. The number of hydrogen-bond acceptors (Lipinski definition) is 4. The molecule has 0 saturated carbocycles. The normalized spacial score (nSPS) is 16.3. The summed E-state index contributed by atoms with van der Waals surface area (Å²) >= 11 is 0. The summed E-state index contributed by atoms with van der Waals surface area (Å²) in [5.41, 5.74) is 8.84. The van der Waals surface area contributed by atoms with Gasteiger partial charge in [0.25, 0.3) is 5.91 Å². The number of nitrogens with one attached hydrogen (secondary N) is 1. The number of benzene rings is 2. The predicted molar refractivity (Wildman–Crippen MR) is 98.5 cm³/mol. The highest BCUT2D eigenvalue weighted by molar-refractivity contribution is 6.44. The van der Waals surface area contributed by atoms with Gasteiger partial charge in [0.15, 0.2) is 0 Å². The Balaban J connectivity index is 1.84. The van der Waals surface area contributed by atoms with Crippen LogP contribution < -0.4 is 16.1 Å². The summed E-state index contributed by atoms with van der Waals surface area (Å²) in [5.74, 6) is -1.40. The van der Waals surface area contributed by atoms with Crippen molar-refractivity contribution in [2.75, 3.05) is 10.3 Å². The van der Waals surface area contributed by atoms with Crippen molar-refractivity contribution >= 4 is 28.9 Å². The Bertz CT molecular complexity index is 893. The molecule has 0 saturated heterocycles. The van der Waals surface area contributed by atoms with Gasteiger partial charge in [0.1, 0.15) is 17.6 Å². The van der Waals surface area contributed by atoms with Crippen LogP contribution in [-0.4, -0.2) is 23.6 Å². The number of primary amides is 1. The zero-order chi connectivity index (χ0) is 18.8. The molecule has 134 valence electrons. The van der Waals surface area contributed by atoms with Crippen LogP contribution in [0.1, 0.15) is 17.5 Å². The molecule has 0 aromatic heterocycles. The van der Waals surface area contributed by atoms with E-state index in [0.29, 0.717) is 11.4 Å². The van der Waals surface area contributed by atoms with Crippen LogP contribution in [0.5, 0.6) is 0 Å². The van der Waals surface area contributed by atoms with E-state index >= 15 is 0 Å². The molecule has 1 unspecified atom stereocenters. The smallest absolute Gasteiger partial charge is 0.271 e. The maximum atomic E-state index is 13.1. The molecule has 0 bridgehead atoms. The Labute approximate surface area is 150 Å². The predicted octanol–water partition coefficient (Wildman–Crippen LogP) is 2.50. The number of hydrogen-bond donors (Lipinski definition) is 2. The summed E-state index contributed by atoms with van der Waals surface area (Å²) in [5, 5.41) is 8.42. The van der Waals surface area contributed by atoms with Crippen LogP contribution in [0.15, 0.2) is 47.6 Å². The first-order valence-corrected chi connectivity index (χ1v) is 8.15. The van der Waals surface area contributed by atoms with Crippen molar-refractivity contribution in [2.45, 2.75) is 26.3 Å². The molecule has 26 heavy (non-hydrogen) atoms. The third-order valence-electron chi connectivity index (χ3n) is 4.22. The van der Waals surface area contributed by atoms with Crippen molar-refractivity contribution in [2.24, 2.45) is 10.8 Å². The zero-order valence-corrected chi connectivity index (χ0v) is 14.5. The summed E-state index contributed by atoms with van der Waals surface area (Å²) in [6.07, 6.45) is 0.0868. The molecule has 3 N–H and O–H groups in total. The van der Waals surface area contributed by atoms with E-state index in [0.717, 1.165) is 11.1 Å². The lowest BCUT2D eigenvalue weighted by molar-refractivity contribution is -0.119. The fraction of sp³-hybridized carbons (Fsp3) is 0.211. The highest BCUT2D eigenvalue weighted by atomic mass is 19.1. The van der Waals surface area contributed by atoms with E-state index < -0.39 is 23.7 Å². The van der Waals surface area contributed by atoms with Gasteiger partial charge in [-0.05, 0) is 49.7 Å². The molecule has 2 aromatic carbocycles. The topological polar surface area (TPSA) is 87.8 Å². The maximum absolute atomic E-state index is 13.1. The van der Waals surface area contributed by atoms with Crippen LogP contribution >= 0.6 is 0 Å². The van der Waals surface area contributed by atoms with Crippen LogP contribution in [0.2, 0.25) is 0 Å². The van der Waals surface area contributed by atoms with E-state index in [2.05, 4.69) is 10.4 Å². The van der Waals surface area contributed by atoms with Gasteiger partial charge in [-0.3, -0.25) is 14.6 Å². The van der Waals surface area contributed by atoms with Crippen LogP contribution in [0.3, 0.4) is 0 Å². The minimum Gasteiger partial charge on any atom is -0.368 e. The standard InChI is InChI=1S/C19H19FN4O2/c1-11-3-8-15(12(2)9-11)22-19(26)16-10-17(18(21)25)24(23-16)14-6-4-13(20)5-7-14/h3-9,17H,10H2,1-2H3,(H2,21,25)(H,22,26). The molecule has 3 rings (SSSR count). The van der Waals surface area contributed by atoms with Crippen LogP contribution in [-0.2, 0) is 9.59 Å². The Morgan fingerprint density at radius 1 is 1.19 bits per heavy atom. The van der Waals surface area contributed by atoms with Gasteiger partial charge in [-0.1, -0.05) is 17.7 Å². The number of hydrazone groups is 1. The van der Waals surface area contributed by atoms with Gasteiger partial charge < -0.3 is 11.1 Å². The summed E-state index contributed by atoms with van der Waals surface area (Å²) in [7, 11) is 0. The second-order valence-electron chi connectivity index (χ2n) is 6.26. The van der Waals surface area contributed by atoms with E-state index in [1.165, 1.54) is 29.3 Å². The summed E-state index contributed by atoms with van der Waals surface area (Å²) in [6.45, 7) is 3.87. The Morgan fingerprint density at radius 2 is 1.88 bits per heavy atom. The first kappa shape index (κ1) is 17.6. The van der Waals surface area contributed by atoms with Crippen molar-refractivity contribution in [1.82, 2.24) is 0 Å². The van der Waals surface area contributed by atoms with Crippen molar-refractivity contribution in [1.29, 1.82) is 0 Å². The van der Waals surface area contributed by atoms with E-state index in [-0.39, 0.29) is 12.1 Å². The lowest BCUT2D eigenvalue weighted by atomic mass is 10.1. The summed E-state index contributed by atoms with van der Waals surface area (Å²) in [4.78, 5) is 24.3. The summed E-state index contributed by atoms with van der Waals surface area (Å²) in [6, 6.07) is 10.4. The molecule has 1 atom stereocenters. The minimum absolute atomic E-state index is 0.0868. The number of anilines is 2. The van der Waals surface area contributed by atoms with Gasteiger partial charge in [0, 0.05) is 12.1 Å². The Kier molecular flexibility index (Phi) is 4.71. The summed E-state index contributed by atoms with van der Waals surface area (Å²) < 4.78 is 13.1. The van der Waals surface area contributed by atoms with Crippen molar-refractivity contribution in [3.8, 4) is 0 Å². The van der Waals surface area contributed by atoms with E-state index in [4.69, 9.17) is 5.73 Å². The van der Waals surface area contributed by atoms with Gasteiger partial charge in [0.2, 0.25) is 5.91 Å². The molecule has 1 aliphatic rings. The number of rotatable bonds is 4. The first-order chi connectivity index (χ1) is 12.3. The first-order valence-electron chi connectivity index (χ1n) is 8.15. The minimum atomic E-state index is -0.791. The third kappa shape index (κ3) is 3.56.